The van der Waals surface area contributed by atoms with Crippen LogP contribution in [0.2, 0.25) is 0 Å². The molecule has 0 radical (unpaired) electrons. The molecule has 0 saturated heterocycles. The Bertz CT molecular complexity index is 1190. The zero-order valence-electron chi connectivity index (χ0n) is 13.3. The number of fused-ring (bicyclic) bond motifs is 2. The molecule has 0 bridgehead atoms. The number of anilines is 1. The molecule has 0 spiro atoms. The van der Waals surface area contributed by atoms with Gasteiger partial charge in [0.15, 0.2) is 10.9 Å². The normalized spacial score (nSPS) is 11.2. The number of benzene rings is 2. The minimum absolute atomic E-state index is 0.267. The third-order valence-electron chi connectivity index (χ3n) is 3.89. The highest BCUT2D eigenvalue weighted by atomic mass is 32.1. The minimum atomic E-state index is -0.314. The second-order valence-corrected chi connectivity index (χ2v) is 7.52. The lowest BCUT2D eigenvalue weighted by Crippen LogP contribution is -2.10. The molecule has 126 valence electrons. The van der Waals surface area contributed by atoms with E-state index in [9.17, 15) is 4.79 Å². The number of carbonyl (C=O) groups is 1. The molecular weight excluding hydrogens is 366 g/mol. The van der Waals surface area contributed by atoms with Gasteiger partial charge in [-0.15, -0.1) is 22.7 Å². The van der Waals surface area contributed by atoms with Crippen LogP contribution in [0.5, 0.6) is 0 Å². The molecule has 5 rings (SSSR count). The van der Waals surface area contributed by atoms with Gasteiger partial charge in [0.1, 0.15) is 16.3 Å². The van der Waals surface area contributed by atoms with Crippen molar-refractivity contribution in [2.45, 2.75) is 0 Å². The molecule has 0 fully saturated rings. The number of nitrogens with one attached hydrogen (secondary N) is 1. The van der Waals surface area contributed by atoms with E-state index in [0.717, 1.165) is 26.3 Å². The van der Waals surface area contributed by atoms with Gasteiger partial charge < -0.3 is 4.42 Å². The van der Waals surface area contributed by atoms with E-state index in [2.05, 4.69) is 15.3 Å². The Balaban J connectivity index is 1.40. The van der Waals surface area contributed by atoms with Crippen molar-refractivity contribution < 1.29 is 9.21 Å². The molecule has 0 aliphatic rings. The van der Waals surface area contributed by atoms with Crippen molar-refractivity contribution in [3.8, 4) is 10.7 Å². The molecule has 3 heterocycles. The Hall–Kier alpha value is -3.03. The van der Waals surface area contributed by atoms with Gasteiger partial charge >= 0.3 is 0 Å². The molecule has 0 saturated carbocycles. The Morgan fingerprint density at radius 1 is 1.04 bits per heavy atom. The van der Waals surface area contributed by atoms with Gasteiger partial charge in [-0.2, -0.15) is 0 Å². The number of furan rings is 1. The van der Waals surface area contributed by atoms with E-state index in [1.54, 1.807) is 17.4 Å². The summed E-state index contributed by atoms with van der Waals surface area (Å²) in [5.74, 6) is -0.0469. The highest BCUT2D eigenvalue weighted by molar-refractivity contribution is 7.22. The van der Waals surface area contributed by atoms with E-state index < -0.39 is 0 Å². The van der Waals surface area contributed by atoms with Crippen molar-refractivity contribution in [2.24, 2.45) is 0 Å². The smallest absolute Gasteiger partial charge is 0.293 e. The Morgan fingerprint density at radius 2 is 1.88 bits per heavy atom. The summed E-state index contributed by atoms with van der Waals surface area (Å²) < 4.78 is 6.70. The number of hydrogen-bond acceptors (Lipinski definition) is 6. The SMILES string of the molecule is O=C(Nc1nc(-c2nc3ccccc3s2)cs1)c1cc2ccccc2o1. The summed E-state index contributed by atoms with van der Waals surface area (Å²) in [6.45, 7) is 0. The molecule has 2 aromatic carbocycles. The van der Waals surface area contributed by atoms with E-state index in [1.165, 1.54) is 11.3 Å². The van der Waals surface area contributed by atoms with Crippen LogP contribution < -0.4 is 5.32 Å². The number of carbonyl (C=O) groups excluding carboxylic acids is 1. The summed E-state index contributed by atoms with van der Waals surface area (Å²) in [6.07, 6.45) is 0. The van der Waals surface area contributed by atoms with Gasteiger partial charge in [0.2, 0.25) is 0 Å². The zero-order chi connectivity index (χ0) is 17.5. The molecule has 5 nitrogen and oxygen atoms in total. The maximum atomic E-state index is 12.4. The number of para-hydroxylation sites is 2. The quantitative estimate of drug-likeness (QED) is 0.456. The molecule has 1 N–H and O–H groups in total. The summed E-state index contributed by atoms with van der Waals surface area (Å²) in [7, 11) is 0. The monoisotopic (exact) mass is 377 g/mol. The van der Waals surface area contributed by atoms with Crippen LogP contribution in [0.3, 0.4) is 0 Å². The maximum Gasteiger partial charge on any atom is 0.293 e. The van der Waals surface area contributed by atoms with Crippen molar-refractivity contribution in [1.29, 1.82) is 0 Å². The lowest BCUT2D eigenvalue weighted by atomic mass is 10.2. The average molecular weight is 377 g/mol. The molecule has 7 heteroatoms. The van der Waals surface area contributed by atoms with Crippen molar-refractivity contribution >= 4 is 54.9 Å². The number of amides is 1. The van der Waals surface area contributed by atoms with Crippen LogP contribution in [-0.4, -0.2) is 15.9 Å². The Morgan fingerprint density at radius 3 is 2.77 bits per heavy atom. The van der Waals surface area contributed by atoms with Gasteiger partial charge in [-0.3, -0.25) is 10.1 Å². The van der Waals surface area contributed by atoms with Crippen molar-refractivity contribution in [2.75, 3.05) is 5.32 Å². The molecule has 0 atom stereocenters. The summed E-state index contributed by atoms with van der Waals surface area (Å²) in [5, 5.41) is 6.94. The van der Waals surface area contributed by atoms with Crippen LogP contribution in [0.25, 0.3) is 31.9 Å². The van der Waals surface area contributed by atoms with Gasteiger partial charge in [-0.25, -0.2) is 9.97 Å². The number of rotatable bonds is 3. The first-order valence-corrected chi connectivity index (χ1v) is 9.57. The average Bonchev–Trinajstić information content (AvgIpc) is 3.38. The first-order chi connectivity index (χ1) is 12.8. The number of nitrogens with zero attached hydrogens (tertiary/aromatic N) is 2. The molecule has 1 amide bonds. The summed E-state index contributed by atoms with van der Waals surface area (Å²) in [4.78, 5) is 21.5. The van der Waals surface area contributed by atoms with Gasteiger partial charge in [-0.1, -0.05) is 30.3 Å². The molecule has 0 aliphatic heterocycles. The van der Waals surface area contributed by atoms with Crippen LogP contribution >= 0.6 is 22.7 Å². The molecular formula is C19H11N3O2S2. The van der Waals surface area contributed by atoms with E-state index in [1.807, 2.05) is 53.9 Å². The predicted octanol–water partition coefficient (Wildman–Crippen LogP) is 5.42. The van der Waals surface area contributed by atoms with Crippen LogP contribution in [-0.2, 0) is 0 Å². The summed E-state index contributed by atoms with van der Waals surface area (Å²) in [6, 6.07) is 17.2. The number of thiazole rings is 2. The molecule has 0 unspecified atom stereocenters. The van der Waals surface area contributed by atoms with Crippen LogP contribution in [0, 0.1) is 0 Å². The zero-order valence-corrected chi connectivity index (χ0v) is 14.9. The topological polar surface area (TPSA) is 68.0 Å². The van der Waals surface area contributed by atoms with Crippen LogP contribution in [0.4, 0.5) is 5.13 Å². The maximum absolute atomic E-state index is 12.4. The largest absolute Gasteiger partial charge is 0.451 e. The molecule has 5 aromatic rings. The van der Waals surface area contributed by atoms with Crippen molar-refractivity contribution in [1.82, 2.24) is 9.97 Å². The van der Waals surface area contributed by atoms with Gasteiger partial charge in [0.25, 0.3) is 5.91 Å². The van der Waals surface area contributed by atoms with Gasteiger partial charge in [0.05, 0.1) is 10.2 Å². The fourth-order valence-electron chi connectivity index (χ4n) is 2.66. The second-order valence-electron chi connectivity index (χ2n) is 5.63. The summed E-state index contributed by atoms with van der Waals surface area (Å²) >= 11 is 2.95. The molecule has 26 heavy (non-hydrogen) atoms. The first kappa shape index (κ1) is 15.2. The third kappa shape index (κ3) is 2.67. The fraction of sp³-hybridized carbons (Fsp3) is 0. The number of hydrogen-bond donors (Lipinski definition) is 1. The summed E-state index contributed by atoms with van der Waals surface area (Å²) in [5.41, 5.74) is 2.40. The molecule has 3 aromatic heterocycles. The van der Waals surface area contributed by atoms with Gasteiger partial charge in [0, 0.05) is 10.8 Å². The number of aromatic nitrogens is 2. The highest BCUT2D eigenvalue weighted by Gasteiger charge is 2.15. The predicted molar refractivity (Wildman–Crippen MR) is 105 cm³/mol. The van der Waals surface area contributed by atoms with E-state index in [-0.39, 0.29) is 11.7 Å². The van der Waals surface area contributed by atoms with E-state index >= 15 is 0 Å². The molecule has 0 aliphatic carbocycles. The lowest BCUT2D eigenvalue weighted by molar-refractivity contribution is 0.0998. The van der Waals surface area contributed by atoms with Crippen LogP contribution in [0.15, 0.2) is 64.4 Å². The van der Waals surface area contributed by atoms with E-state index in [4.69, 9.17) is 4.42 Å². The Kier molecular flexibility index (Phi) is 3.55. The highest BCUT2D eigenvalue weighted by Crippen LogP contribution is 2.32. The van der Waals surface area contributed by atoms with Crippen LogP contribution in [0.1, 0.15) is 10.6 Å². The van der Waals surface area contributed by atoms with E-state index in [0.29, 0.717) is 10.7 Å². The third-order valence-corrected chi connectivity index (χ3v) is 5.70. The minimum Gasteiger partial charge on any atom is -0.451 e. The van der Waals surface area contributed by atoms with Crippen molar-refractivity contribution in [3.63, 3.8) is 0 Å². The second kappa shape index (κ2) is 6.05. The standard InChI is InChI=1S/C19H11N3O2S2/c23-17(15-9-11-5-1-3-7-14(11)24-15)22-19-21-13(10-25-19)18-20-12-6-2-4-8-16(12)26-18/h1-10H,(H,21,22,23). The fourth-order valence-corrected chi connectivity index (χ4v) is 4.35. The van der Waals surface area contributed by atoms with Crippen molar-refractivity contribution in [3.05, 3.63) is 65.7 Å². The van der Waals surface area contributed by atoms with Gasteiger partial charge in [-0.05, 0) is 24.3 Å². The Labute approximate surface area is 155 Å². The first-order valence-electron chi connectivity index (χ1n) is 7.88. The lowest BCUT2D eigenvalue weighted by Gasteiger charge is -1.97.